The maximum atomic E-state index is 1.67. The summed E-state index contributed by atoms with van der Waals surface area (Å²) in [6, 6.07) is 0. The predicted octanol–water partition coefficient (Wildman–Crippen LogP) is 3.45. The van der Waals surface area contributed by atoms with Gasteiger partial charge in [0, 0.05) is 0 Å². The third-order valence-electron chi connectivity index (χ3n) is 5.12. The van der Waals surface area contributed by atoms with Crippen LogP contribution in [0.5, 0.6) is 0 Å². The van der Waals surface area contributed by atoms with E-state index in [0.29, 0.717) is 7.92 Å². The van der Waals surface area contributed by atoms with Crippen molar-refractivity contribution in [3.63, 3.8) is 0 Å². The van der Waals surface area contributed by atoms with Crippen molar-refractivity contribution >= 4 is 7.92 Å². The molecule has 0 N–H and O–H groups in total. The van der Waals surface area contributed by atoms with Gasteiger partial charge in [0.25, 0.3) is 0 Å². The largest absolute Gasteiger partial charge is 0.0996 e. The lowest BCUT2D eigenvalue weighted by Gasteiger charge is -2.57. The Labute approximate surface area is 82.2 Å². The molecule has 13 heavy (non-hydrogen) atoms. The van der Waals surface area contributed by atoms with Crippen LogP contribution in [0, 0.1) is 17.8 Å². The van der Waals surface area contributed by atoms with Gasteiger partial charge >= 0.3 is 0 Å². The van der Waals surface area contributed by atoms with Crippen LogP contribution in [-0.4, -0.2) is 17.5 Å². The lowest BCUT2D eigenvalue weighted by Crippen LogP contribution is -2.48. The highest BCUT2D eigenvalue weighted by molar-refractivity contribution is 7.66. The van der Waals surface area contributed by atoms with Gasteiger partial charge in [0.1, 0.15) is 0 Å². The summed E-state index contributed by atoms with van der Waals surface area (Å²) in [5.41, 5.74) is 0. The van der Waals surface area contributed by atoms with E-state index in [-0.39, 0.29) is 0 Å². The molecule has 0 radical (unpaired) electrons. The highest BCUT2D eigenvalue weighted by Crippen LogP contribution is 2.74. The van der Waals surface area contributed by atoms with Gasteiger partial charge in [0.2, 0.25) is 0 Å². The van der Waals surface area contributed by atoms with E-state index in [4.69, 9.17) is 0 Å². The van der Waals surface area contributed by atoms with Gasteiger partial charge in [0.15, 0.2) is 0 Å². The maximum absolute atomic E-state index is 1.67. The summed E-state index contributed by atoms with van der Waals surface area (Å²) < 4.78 is 0. The average Bonchev–Trinajstić information content (AvgIpc) is 2.81. The summed E-state index contributed by atoms with van der Waals surface area (Å²) in [5.74, 6) is 3.57. The average molecular weight is 194 g/mol. The third kappa shape index (κ3) is 1.02. The molecule has 4 bridgehead atoms. The molecule has 1 heteroatoms. The standard InChI is InChI=1S/C12H19P/c1-2-13(1)12-6-9-3-10(7-12)5-11(4-9)8-12/h9-11H,1-8H2. The van der Waals surface area contributed by atoms with Crippen molar-refractivity contribution in [2.24, 2.45) is 17.8 Å². The van der Waals surface area contributed by atoms with E-state index in [1.165, 1.54) is 17.8 Å². The van der Waals surface area contributed by atoms with Gasteiger partial charge in [-0.1, -0.05) is 7.92 Å². The van der Waals surface area contributed by atoms with Crippen LogP contribution in [0.2, 0.25) is 0 Å². The molecule has 0 atom stereocenters. The second-order valence-corrected chi connectivity index (χ2v) is 9.05. The van der Waals surface area contributed by atoms with Crippen LogP contribution in [0.1, 0.15) is 38.5 Å². The first-order chi connectivity index (χ1) is 6.34. The van der Waals surface area contributed by atoms with Gasteiger partial charge in [-0.05, 0) is 73.8 Å². The normalized spacial score (nSPS) is 58.6. The number of rotatable bonds is 1. The Morgan fingerprint density at radius 2 is 1.23 bits per heavy atom. The molecular formula is C12H19P. The minimum absolute atomic E-state index is 0.575. The smallest absolute Gasteiger partial charge is 0.00863 e. The first kappa shape index (κ1) is 7.69. The molecule has 5 rings (SSSR count). The summed E-state index contributed by atoms with van der Waals surface area (Å²) in [4.78, 5) is 0. The number of hydrogen-bond acceptors (Lipinski definition) is 0. The van der Waals surface area contributed by atoms with Crippen LogP contribution >= 0.6 is 7.92 Å². The Morgan fingerprint density at radius 1 is 0.769 bits per heavy atom. The molecule has 5 fully saturated rings. The lowest BCUT2D eigenvalue weighted by molar-refractivity contribution is 0.0365. The monoisotopic (exact) mass is 194 g/mol. The van der Waals surface area contributed by atoms with Gasteiger partial charge in [0.05, 0.1) is 0 Å². The van der Waals surface area contributed by atoms with Gasteiger partial charge in [-0.15, -0.1) is 0 Å². The molecule has 0 aromatic heterocycles. The highest BCUT2D eigenvalue weighted by atomic mass is 31.1. The lowest BCUT2D eigenvalue weighted by atomic mass is 9.56. The van der Waals surface area contributed by atoms with Crippen molar-refractivity contribution in [3.8, 4) is 0 Å². The minimum atomic E-state index is 0.575. The van der Waals surface area contributed by atoms with Gasteiger partial charge in [-0.2, -0.15) is 0 Å². The van der Waals surface area contributed by atoms with E-state index in [0.717, 1.165) is 5.16 Å². The van der Waals surface area contributed by atoms with E-state index >= 15 is 0 Å². The van der Waals surface area contributed by atoms with Gasteiger partial charge < -0.3 is 0 Å². The molecule has 1 heterocycles. The second-order valence-electron chi connectivity index (χ2n) is 6.13. The van der Waals surface area contributed by atoms with Crippen molar-refractivity contribution in [2.75, 3.05) is 12.3 Å². The fourth-order valence-electron chi connectivity index (χ4n) is 4.98. The van der Waals surface area contributed by atoms with Crippen LogP contribution in [0.4, 0.5) is 0 Å². The van der Waals surface area contributed by atoms with E-state index in [1.54, 1.807) is 50.8 Å². The topological polar surface area (TPSA) is 0 Å². The molecule has 0 amide bonds. The molecule has 0 nitrogen and oxygen atoms in total. The summed E-state index contributed by atoms with van der Waals surface area (Å²) in [6.07, 6.45) is 13.2. The quantitative estimate of drug-likeness (QED) is 0.561. The summed E-state index contributed by atoms with van der Waals surface area (Å²) in [6.45, 7) is 0. The zero-order valence-corrected chi connectivity index (χ0v) is 9.23. The summed E-state index contributed by atoms with van der Waals surface area (Å²) in [7, 11) is 0.575. The molecular weight excluding hydrogens is 175 g/mol. The van der Waals surface area contributed by atoms with Crippen molar-refractivity contribution in [1.29, 1.82) is 0 Å². The molecule has 4 aliphatic carbocycles. The SMILES string of the molecule is C1C2CC3CC1CC(P1CC1)(C2)C3. The van der Waals surface area contributed by atoms with Crippen molar-refractivity contribution in [1.82, 2.24) is 0 Å². The molecule has 0 aromatic carbocycles. The Bertz CT molecular complexity index is 206. The predicted molar refractivity (Wildman–Crippen MR) is 57.6 cm³/mol. The summed E-state index contributed by atoms with van der Waals surface area (Å²) in [5, 5.41) is 0.976. The van der Waals surface area contributed by atoms with Crippen LogP contribution < -0.4 is 0 Å². The van der Waals surface area contributed by atoms with Crippen molar-refractivity contribution < 1.29 is 0 Å². The van der Waals surface area contributed by atoms with E-state index in [2.05, 4.69) is 0 Å². The minimum Gasteiger partial charge on any atom is -0.0996 e. The maximum Gasteiger partial charge on any atom is -0.00863 e. The first-order valence-corrected chi connectivity index (χ1v) is 7.80. The fourth-order valence-corrected chi connectivity index (χ4v) is 7.87. The van der Waals surface area contributed by atoms with E-state index in [1.807, 2.05) is 0 Å². The zero-order chi connectivity index (χ0) is 8.47. The fraction of sp³-hybridized carbons (Fsp3) is 1.00. The molecule has 5 aliphatic rings. The third-order valence-corrected chi connectivity index (χ3v) is 7.91. The van der Waals surface area contributed by atoms with E-state index in [9.17, 15) is 0 Å². The molecule has 4 saturated carbocycles. The Balaban J connectivity index is 1.71. The summed E-state index contributed by atoms with van der Waals surface area (Å²) >= 11 is 0. The van der Waals surface area contributed by atoms with Crippen molar-refractivity contribution in [3.05, 3.63) is 0 Å². The molecule has 1 saturated heterocycles. The van der Waals surface area contributed by atoms with Gasteiger partial charge in [-0.3, -0.25) is 0 Å². The Hall–Kier alpha value is 0.430. The van der Waals surface area contributed by atoms with Crippen LogP contribution in [0.3, 0.4) is 0 Å². The van der Waals surface area contributed by atoms with Gasteiger partial charge in [-0.25, -0.2) is 0 Å². The molecule has 72 valence electrons. The first-order valence-electron chi connectivity index (χ1n) is 6.09. The van der Waals surface area contributed by atoms with Crippen LogP contribution in [-0.2, 0) is 0 Å². The second kappa shape index (κ2) is 2.32. The zero-order valence-electron chi connectivity index (χ0n) is 8.34. The van der Waals surface area contributed by atoms with Crippen molar-refractivity contribution in [2.45, 2.75) is 43.7 Å². The molecule has 1 aliphatic heterocycles. The molecule has 0 aromatic rings. The van der Waals surface area contributed by atoms with Crippen LogP contribution in [0.25, 0.3) is 0 Å². The van der Waals surface area contributed by atoms with E-state index < -0.39 is 0 Å². The Morgan fingerprint density at radius 3 is 1.62 bits per heavy atom. The Kier molecular flexibility index (Phi) is 1.37. The number of hydrogen-bond donors (Lipinski definition) is 0. The molecule has 0 spiro atoms. The molecule has 0 unspecified atom stereocenters. The highest BCUT2D eigenvalue weighted by Gasteiger charge is 2.56. The van der Waals surface area contributed by atoms with Crippen LogP contribution in [0.15, 0.2) is 0 Å².